The Kier molecular flexibility index (Phi) is 7.48. The maximum absolute atomic E-state index is 12.9. The first-order valence-electron chi connectivity index (χ1n) is 10.1. The van der Waals surface area contributed by atoms with Gasteiger partial charge in [-0.05, 0) is 18.6 Å². The number of amides is 3. The highest BCUT2D eigenvalue weighted by Crippen LogP contribution is 2.13. The molecule has 1 saturated heterocycles. The van der Waals surface area contributed by atoms with Gasteiger partial charge in [-0.15, -0.1) is 0 Å². The summed E-state index contributed by atoms with van der Waals surface area (Å²) in [5.74, 6) is -0.205. The summed E-state index contributed by atoms with van der Waals surface area (Å²) in [6.07, 6.45) is 2.75. The van der Waals surface area contributed by atoms with Gasteiger partial charge in [0, 0.05) is 45.7 Å². The van der Waals surface area contributed by atoms with E-state index in [0.717, 1.165) is 5.56 Å². The van der Waals surface area contributed by atoms with Crippen LogP contribution in [-0.2, 0) is 16.1 Å². The van der Waals surface area contributed by atoms with Crippen molar-refractivity contribution >= 4 is 17.9 Å². The summed E-state index contributed by atoms with van der Waals surface area (Å²) in [5.41, 5.74) is 1.45. The molecule has 0 aliphatic carbocycles. The van der Waals surface area contributed by atoms with Crippen LogP contribution < -0.4 is 0 Å². The molecule has 0 radical (unpaired) electrons. The molecule has 1 fully saturated rings. The van der Waals surface area contributed by atoms with Crippen LogP contribution in [0.1, 0.15) is 29.3 Å². The van der Waals surface area contributed by atoms with Crippen LogP contribution >= 0.6 is 0 Å². The number of furan rings is 1. The number of ether oxygens (including phenoxy) is 1. The zero-order chi connectivity index (χ0) is 21.3. The van der Waals surface area contributed by atoms with Gasteiger partial charge >= 0.3 is 6.09 Å². The normalized spacial score (nSPS) is 13.8. The Balaban J connectivity index is 1.56. The lowest BCUT2D eigenvalue weighted by molar-refractivity contribution is -0.133. The number of nitrogens with zero attached hydrogens (tertiary/aromatic N) is 3. The Morgan fingerprint density at radius 3 is 2.37 bits per heavy atom. The third kappa shape index (κ3) is 5.62. The summed E-state index contributed by atoms with van der Waals surface area (Å²) >= 11 is 0. The van der Waals surface area contributed by atoms with Crippen LogP contribution in [0.5, 0.6) is 0 Å². The summed E-state index contributed by atoms with van der Waals surface area (Å²) in [5, 5.41) is 0. The maximum Gasteiger partial charge on any atom is 0.409 e. The van der Waals surface area contributed by atoms with E-state index in [1.165, 1.54) is 12.5 Å². The van der Waals surface area contributed by atoms with Gasteiger partial charge in [0.2, 0.25) is 5.91 Å². The SMILES string of the molecule is CCOC(=O)N1CCN(C(=O)CCN(Cc2ccccc2)C(=O)c2ccoc2)CC1. The van der Waals surface area contributed by atoms with E-state index < -0.39 is 0 Å². The second-order valence-electron chi connectivity index (χ2n) is 7.04. The van der Waals surface area contributed by atoms with Crippen molar-refractivity contribution < 1.29 is 23.5 Å². The minimum Gasteiger partial charge on any atom is -0.472 e. The minimum atomic E-state index is -0.343. The zero-order valence-corrected chi connectivity index (χ0v) is 17.2. The number of carbonyl (C=O) groups excluding carboxylic acids is 3. The number of hydrogen-bond donors (Lipinski definition) is 0. The van der Waals surface area contributed by atoms with Gasteiger partial charge in [0.05, 0.1) is 18.4 Å². The Morgan fingerprint density at radius 2 is 1.73 bits per heavy atom. The summed E-state index contributed by atoms with van der Waals surface area (Å²) in [6.45, 7) is 4.64. The largest absolute Gasteiger partial charge is 0.472 e. The van der Waals surface area contributed by atoms with Gasteiger partial charge in [-0.1, -0.05) is 30.3 Å². The van der Waals surface area contributed by atoms with Crippen LogP contribution in [-0.4, -0.2) is 71.9 Å². The maximum atomic E-state index is 12.9. The second kappa shape index (κ2) is 10.5. The van der Waals surface area contributed by atoms with E-state index in [1.807, 2.05) is 30.3 Å². The van der Waals surface area contributed by atoms with Crippen LogP contribution in [0.25, 0.3) is 0 Å². The average molecular weight is 413 g/mol. The van der Waals surface area contributed by atoms with Crippen molar-refractivity contribution in [1.82, 2.24) is 14.7 Å². The van der Waals surface area contributed by atoms with Crippen LogP contribution in [0.4, 0.5) is 4.79 Å². The van der Waals surface area contributed by atoms with Crippen molar-refractivity contribution in [2.45, 2.75) is 19.9 Å². The highest BCUT2D eigenvalue weighted by molar-refractivity contribution is 5.94. The molecule has 0 atom stereocenters. The predicted molar refractivity (Wildman–Crippen MR) is 110 cm³/mol. The molecule has 30 heavy (non-hydrogen) atoms. The van der Waals surface area contributed by atoms with Crippen molar-refractivity contribution in [3.05, 3.63) is 60.1 Å². The molecule has 8 nitrogen and oxygen atoms in total. The standard InChI is InChI=1S/C22H27N3O5/c1-2-30-22(28)24-13-11-23(12-14-24)20(26)8-10-25(16-18-6-4-3-5-7-18)21(27)19-9-15-29-17-19/h3-7,9,15,17H,2,8,10-14,16H2,1H3. The summed E-state index contributed by atoms with van der Waals surface area (Å²) in [7, 11) is 0. The monoisotopic (exact) mass is 413 g/mol. The smallest absolute Gasteiger partial charge is 0.409 e. The van der Waals surface area contributed by atoms with E-state index in [1.54, 1.807) is 27.7 Å². The first-order chi connectivity index (χ1) is 14.6. The lowest BCUT2D eigenvalue weighted by atomic mass is 10.2. The molecule has 2 aromatic rings. The van der Waals surface area contributed by atoms with Crippen molar-refractivity contribution in [2.24, 2.45) is 0 Å². The topological polar surface area (TPSA) is 83.3 Å². The molecule has 0 N–H and O–H groups in total. The lowest BCUT2D eigenvalue weighted by Crippen LogP contribution is -2.51. The second-order valence-corrected chi connectivity index (χ2v) is 7.04. The van der Waals surface area contributed by atoms with Gasteiger partial charge in [0.1, 0.15) is 6.26 Å². The molecule has 1 aromatic heterocycles. The van der Waals surface area contributed by atoms with Crippen LogP contribution in [0.3, 0.4) is 0 Å². The lowest BCUT2D eigenvalue weighted by Gasteiger charge is -2.34. The molecular formula is C22H27N3O5. The van der Waals surface area contributed by atoms with Crippen molar-refractivity contribution in [3.8, 4) is 0 Å². The Labute approximate surface area is 176 Å². The van der Waals surface area contributed by atoms with Gasteiger partial charge in [-0.25, -0.2) is 4.79 Å². The molecule has 0 bridgehead atoms. The first-order valence-corrected chi connectivity index (χ1v) is 10.1. The average Bonchev–Trinajstić information content (AvgIpc) is 3.32. The number of piperazine rings is 1. The van der Waals surface area contributed by atoms with Gasteiger partial charge in [-0.2, -0.15) is 0 Å². The van der Waals surface area contributed by atoms with Gasteiger partial charge in [-0.3, -0.25) is 9.59 Å². The van der Waals surface area contributed by atoms with E-state index in [-0.39, 0.29) is 24.3 Å². The van der Waals surface area contributed by atoms with Crippen molar-refractivity contribution in [3.63, 3.8) is 0 Å². The quantitative estimate of drug-likeness (QED) is 0.697. The molecule has 8 heteroatoms. The van der Waals surface area contributed by atoms with E-state index in [4.69, 9.17) is 9.15 Å². The molecule has 0 unspecified atom stereocenters. The Hall–Kier alpha value is -3.29. The third-order valence-corrected chi connectivity index (χ3v) is 5.03. The number of rotatable bonds is 7. The van der Waals surface area contributed by atoms with Crippen LogP contribution in [0, 0.1) is 0 Å². The summed E-state index contributed by atoms with van der Waals surface area (Å²) < 4.78 is 10.0. The Morgan fingerprint density at radius 1 is 1.03 bits per heavy atom. The van der Waals surface area contributed by atoms with Gasteiger partial charge in [0.25, 0.3) is 5.91 Å². The molecular weight excluding hydrogens is 386 g/mol. The summed E-state index contributed by atoms with van der Waals surface area (Å²) in [4.78, 5) is 42.4. The molecule has 3 amide bonds. The molecule has 1 aromatic carbocycles. The molecule has 160 valence electrons. The molecule has 3 rings (SSSR count). The van der Waals surface area contributed by atoms with Gasteiger partial charge < -0.3 is 23.9 Å². The fraction of sp³-hybridized carbons (Fsp3) is 0.409. The van der Waals surface area contributed by atoms with E-state index in [9.17, 15) is 14.4 Å². The zero-order valence-electron chi connectivity index (χ0n) is 17.2. The predicted octanol–water partition coefficient (Wildman–Crippen LogP) is 2.61. The Bertz CT molecular complexity index is 830. The van der Waals surface area contributed by atoms with Crippen molar-refractivity contribution in [2.75, 3.05) is 39.3 Å². The van der Waals surface area contributed by atoms with Crippen LogP contribution in [0.2, 0.25) is 0 Å². The fourth-order valence-corrected chi connectivity index (χ4v) is 3.37. The number of benzene rings is 1. The van der Waals surface area contributed by atoms with E-state index >= 15 is 0 Å². The third-order valence-electron chi connectivity index (χ3n) is 5.03. The molecule has 1 aliphatic heterocycles. The molecule has 0 spiro atoms. The fourth-order valence-electron chi connectivity index (χ4n) is 3.37. The molecule has 2 heterocycles. The minimum absolute atomic E-state index is 0.0310. The van der Waals surface area contributed by atoms with E-state index in [2.05, 4.69) is 0 Å². The van der Waals surface area contributed by atoms with Crippen molar-refractivity contribution in [1.29, 1.82) is 0 Å². The number of carbonyl (C=O) groups is 3. The first kappa shape index (κ1) is 21.4. The summed E-state index contributed by atoms with van der Waals surface area (Å²) in [6, 6.07) is 11.3. The number of hydrogen-bond acceptors (Lipinski definition) is 5. The highest BCUT2D eigenvalue weighted by atomic mass is 16.6. The highest BCUT2D eigenvalue weighted by Gasteiger charge is 2.26. The van der Waals surface area contributed by atoms with Crippen LogP contribution in [0.15, 0.2) is 53.3 Å². The van der Waals surface area contributed by atoms with E-state index in [0.29, 0.717) is 51.4 Å². The molecule has 1 aliphatic rings. The van der Waals surface area contributed by atoms with Gasteiger partial charge in [0.15, 0.2) is 0 Å². The molecule has 0 saturated carbocycles.